The maximum Gasteiger partial charge on any atom is 0.333 e. The molecule has 0 aliphatic heterocycles. The molecular weight excluding hydrogens is 442 g/mol. The lowest BCUT2D eigenvalue weighted by molar-refractivity contribution is -0.149. The Balaban J connectivity index is 1.46. The Kier molecular flexibility index (Phi) is 7.38. The van der Waals surface area contributed by atoms with Crippen LogP contribution in [0.15, 0.2) is 85.1 Å². The second-order valence-corrected chi connectivity index (χ2v) is 8.13. The molecule has 35 heavy (non-hydrogen) atoms. The number of urea groups is 1. The molecule has 178 valence electrons. The number of pyridine rings is 1. The summed E-state index contributed by atoms with van der Waals surface area (Å²) in [6.07, 6.45) is 1.07. The van der Waals surface area contributed by atoms with Crippen LogP contribution in [-0.2, 0) is 16.0 Å². The maximum absolute atomic E-state index is 12.9. The lowest BCUT2D eigenvalue weighted by Gasteiger charge is -2.19. The molecule has 7 nitrogen and oxygen atoms in total. The molecule has 0 saturated carbocycles. The SMILES string of the molecule is CCOC(Cc1ccc(-c2cc(N(C)C(=O)Nc3ccc4ccccc4c3)ccn2)cc1)C(=O)O. The number of fused-ring (bicyclic) bond motifs is 1. The fourth-order valence-corrected chi connectivity index (χ4v) is 3.82. The van der Waals surface area contributed by atoms with Crippen LogP contribution >= 0.6 is 0 Å². The minimum Gasteiger partial charge on any atom is -0.479 e. The van der Waals surface area contributed by atoms with Crippen molar-refractivity contribution in [3.63, 3.8) is 0 Å². The quantitative estimate of drug-likeness (QED) is 0.350. The van der Waals surface area contributed by atoms with Gasteiger partial charge < -0.3 is 15.2 Å². The molecule has 0 bridgehead atoms. The summed E-state index contributed by atoms with van der Waals surface area (Å²) in [4.78, 5) is 30.2. The molecule has 0 fully saturated rings. The summed E-state index contributed by atoms with van der Waals surface area (Å²) in [5, 5.41) is 14.4. The van der Waals surface area contributed by atoms with E-state index in [4.69, 9.17) is 4.74 Å². The number of rotatable bonds is 8. The van der Waals surface area contributed by atoms with Gasteiger partial charge in [-0.05, 0) is 47.5 Å². The number of carbonyl (C=O) groups is 2. The number of aromatic nitrogens is 1. The van der Waals surface area contributed by atoms with Gasteiger partial charge in [0.05, 0.1) is 5.69 Å². The average molecular weight is 470 g/mol. The average Bonchev–Trinajstić information content (AvgIpc) is 2.88. The summed E-state index contributed by atoms with van der Waals surface area (Å²) in [6, 6.07) is 24.7. The zero-order valence-corrected chi connectivity index (χ0v) is 19.6. The summed E-state index contributed by atoms with van der Waals surface area (Å²) in [7, 11) is 1.71. The highest BCUT2D eigenvalue weighted by atomic mass is 16.5. The van der Waals surface area contributed by atoms with E-state index in [0.29, 0.717) is 18.0 Å². The molecule has 2 N–H and O–H groups in total. The van der Waals surface area contributed by atoms with Gasteiger partial charge in [0, 0.05) is 43.2 Å². The van der Waals surface area contributed by atoms with Crippen molar-refractivity contribution in [1.29, 1.82) is 0 Å². The third kappa shape index (κ3) is 5.83. The topological polar surface area (TPSA) is 91.8 Å². The third-order valence-electron chi connectivity index (χ3n) is 5.75. The fourth-order valence-electron chi connectivity index (χ4n) is 3.82. The van der Waals surface area contributed by atoms with Crippen LogP contribution in [0.25, 0.3) is 22.0 Å². The van der Waals surface area contributed by atoms with Crippen LogP contribution in [-0.4, -0.2) is 41.8 Å². The molecule has 0 radical (unpaired) electrons. The fraction of sp³-hybridized carbons (Fsp3) is 0.179. The second kappa shape index (κ2) is 10.8. The molecule has 7 heteroatoms. The smallest absolute Gasteiger partial charge is 0.333 e. The zero-order chi connectivity index (χ0) is 24.8. The molecule has 0 saturated heterocycles. The van der Waals surface area contributed by atoms with Gasteiger partial charge in [-0.15, -0.1) is 0 Å². The van der Waals surface area contributed by atoms with Gasteiger partial charge in [0.2, 0.25) is 0 Å². The van der Waals surface area contributed by atoms with E-state index in [1.807, 2.05) is 72.8 Å². The Hall–Kier alpha value is -4.23. The lowest BCUT2D eigenvalue weighted by Crippen LogP contribution is -2.31. The van der Waals surface area contributed by atoms with Gasteiger partial charge >= 0.3 is 12.0 Å². The normalized spacial score (nSPS) is 11.7. The van der Waals surface area contributed by atoms with Crippen LogP contribution in [0.2, 0.25) is 0 Å². The number of carboxylic acid groups (broad SMARTS) is 1. The van der Waals surface area contributed by atoms with Crippen molar-refractivity contribution in [1.82, 2.24) is 4.98 Å². The van der Waals surface area contributed by atoms with Gasteiger partial charge in [-0.2, -0.15) is 0 Å². The van der Waals surface area contributed by atoms with Crippen molar-refractivity contribution in [3.05, 3.63) is 90.6 Å². The minimum absolute atomic E-state index is 0.261. The van der Waals surface area contributed by atoms with Gasteiger partial charge in [-0.3, -0.25) is 9.88 Å². The Bertz CT molecular complexity index is 1340. The first-order valence-corrected chi connectivity index (χ1v) is 11.4. The maximum atomic E-state index is 12.9. The summed E-state index contributed by atoms with van der Waals surface area (Å²) in [5.74, 6) is -0.977. The van der Waals surface area contributed by atoms with Crippen LogP contribution in [0.3, 0.4) is 0 Å². The number of carbonyl (C=O) groups excluding carboxylic acids is 1. The van der Waals surface area contributed by atoms with E-state index in [9.17, 15) is 14.7 Å². The summed E-state index contributed by atoms with van der Waals surface area (Å²) < 4.78 is 5.30. The number of hydrogen-bond acceptors (Lipinski definition) is 4. The first-order chi connectivity index (χ1) is 16.9. The molecule has 4 rings (SSSR count). The number of nitrogens with one attached hydrogen (secondary N) is 1. The number of aliphatic carboxylic acids is 1. The van der Waals surface area contributed by atoms with Crippen molar-refractivity contribution >= 4 is 34.1 Å². The number of anilines is 2. The lowest BCUT2D eigenvalue weighted by atomic mass is 10.0. The number of carboxylic acids is 1. The van der Waals surface area contributed by atoms with Crippen molar-refractivity contribution in [3.8, 4) is 11.3 Å². The van der Waals surface area contributed by atoms with E-state index >= 15 is 0 Å². The number of nitrogens with zero attached hydrogens (tertiary/aromatic N) is 2. The number of amides is 2. The van der Waals surface area contributed by atoms with E-state index in [0.717, 1.165) is 27.6 Å². The van der Waals surface area contributed by atoms with Gasteiger partial charge in [0.25, 0.3) is 0 Å². The predicted octanol–water partition coefficient (Wildman–Crippen LogP) is 5.60. The van der Waals surface area contributed by atoms with E-state index in [1.165, 1.54) is 4.90 Å². The van der Waals surface area contributed by atoms with Crippen LogP contribution in [0.5, 0.6) is 0 Å². The molecule has 0 spiro atoms. The molecule has 1 aromatic heterocycles. The largest absolute Gasteiger partial charge is 0.479 e. The second-order valence-electron chi connectivity index (χ2n) is 8.13. The molecule has 4 aromatic rings. The van der Waals surface area contributed by atoms with Crippen molar-refractivity contribution < 1.29 is 19.4 Å². The van der Waals surface area contributed by atoms with E-state index in [1.54, 1.807) is 26.2 Å². The molecule has 1 heterocycles. The summed E-state index contributed by atoms with van der Waals surface area (Å²) in [5.41, 5.74) is 3.84. The van der Waals surface area contributed by atoms with Gasteiger partial charge in [0.1, 0.15) is 0 Å². The third-order valence-corrected chi connectivity index (χ3v) is 5.75. The first-order valence-electron chi connectivity index (χ1n) is 11.4. The zero-order valence-electron chi connectivity index (χ0n) is 19.6. The molecule has 1 atom stereocenters. The molecule has 1 unspecified atom stereocenters. The van der Waals surface area contributed by atoms with E-state index in [-0.39, 0.29) is 12.5 Å². The Morgan fingerprint density at radius 3 is 2.46 bits per heavy atom. The first kappa shape index (κ1) is 23.9. The molecular formula is C28H27N3O4. The highest BCUT2D eigenvalue weighted by molar-refractivity contribution is 6.02. The summed E-state index contributed by atoms with van der Waals surface area (Å²) in [6.45, 7) is 2.12. The van der Waals surface area contributed by atoms with Crippen LogP contribution in [0, 0.1) is 0 Å². The highest BCUT2D eigenvalue weighted by Gasteiger charge is 2.18. The van der Waals surface area contributed by atoms with E-state index in [2.05, 4.69) is 10.3 Å². The molecule has 0 aliphatic carbocycles. The number of ether oxygens (including phenoxy) is 1. The Morgan fingerprint density at radius 1 is 1.00 bits per heavy atom. The van der Waals surface area contributed by atoms with Crippen LogP contribution in [0.1, 0.15) is 12.5 Å². The molecule has 3 aromatic carbocycles. The monoisotopic (exact) mass is 469 g/mol. The number of benzene rings is 3. The highest BCUT2D eigenvalue weighted by Crippen LogP contribution is 2.24. The van der Waals surface area contributed by atoms with Gasteiger partial charge in [0.15, 0.2) is 6.10 Å². The van der Waals surface area contributed by atoms with Crippen molar-refractivity contribution in [2.45, 2.75) is 19.4 Å². The van der Waals surface area contributed by atoms with Crippen molar-refractivity contribution in [2.24, 2.45) is 0 Å². The molecule has 0 aliphatic rings. The van der Waals surface area contributed by atoms with Gasteiger partial charge in [-0.25, -0.2) is 9.59 Å². The standard InChI is InChI=1S/C28H27N3O4/c1-3-35-26(27(32)33)16-19-8-10-21(11-9-19)25-18-24(14-15-29-25)31(2)28(34)30-23-13-12-20-6-4-5-7-22(20)17-23/h4-15,17-18,26H,3,16H2,1-2H3,(H,30,34)(H,32,33). The van der Waals surface area contributed by atoms with Crippen LogP contribution in [0.4, 0.5) is 16.2 Å². The minimum atomic E-state index is -0.977. The molecule has 2 amide bonds. The van der Waals surface area contributed by atoms with E-state index < -0.39 is 12.1 Å². The summed E-state index contributed by atoms with van der Waals surface area (Å²) >= 11 is 0. The van der Waals surface area contributed by atoms with Crippen molar-refractivity contribution in [2.75, 3.05) is 23.9 Å². The predicted molar refractivity (Wildman–Crippen MR) is 138 cm³/mol. The Labute approximate surface area is 204 Å². The number of hydrogen-bond donors (Lipinski definition) is 2. The Morgan fingerprint density at radius 2 is 1.74 bits per heavy atom. The van der Waals surface area contributed by atoms with Gasteiger partial charge in [-0.1, -0.05) is 54.6 Å². The van der Waals surface area contributed by atoms with Crippen LogP contribution < -0.4 is 10.2 Å².